The summed E-state index contributed by atoms with van der Waals surface area (Å²) in [6, 6.07) is 13.0. The highest BCUT2D eigenvalue weighted by Crippen LogP contribution is 2.15. The minimum Gasteiger partial charge on any atom is -0.355 e. The van der Waals surface area contributed by atoms with Crippen LogP contribution in [0.4, 0.5) is 4.39 Å². The van der Waals surface area contributed by atoms with Gasteiger partial charge in [0, 0.05) is 25.5 Å². The van der Waals surface area contributed by atoms with Gasteiger partial charge in [-0.2, -0.15) is 4.72 Å². The van der Waals surface area contributed by atoms with Crippen LogP contribution in [0.15, 0.2) is 78.2 Å². The molecular weight excluding hydrogens is 407 g/mol. The van der Waals surface area contributed by atoms with Crippen LogP contribution in [-0.2, 0) is 27.8 Å². The predicted octanol–water partition coefficient (Wildman–Crippen LogP) is 2.12. The minimum atomic E-state index is -4.22. The van der Waals surface area contributed by atoms with Gasteiger partial charge in [-0.15, -0.1) is 0 Å². The van der Waals surface area contributed by atoms with Crippen molar-refractivity contribution >= 4 is 15.9 Å². The molecule has 0 aliphatic heterocycles. The first-order valence-electron chi connectivity index (χ1n) is 9.50. The van der Waals surface area contributed by atoms with Crippen molar-refractivity contribution in [2.24, 2.45) is 0 Å². The lowest BCUT2D eigenvalue weighted by Gasteiger charge is -2.19. The smallest absolute Gasteiger partial charge is 0.244 e. The normalized spacial score (nSPS) is 12.4. The standard InChI is InChI=1S/C21H23FN4O3S/c22-18-9-4-5-10-20(18)30(28,29)25-19(15-17-7-2-1-3-8-17)21(27)24-11-6-13-26-14-12-23-16-26/h1-5,7-10,12,14,16,19,25H,6,11,13,15H2,(H,24,27). The second-order valence-corrected chi connectivity index (χ2v) is 8.42. The number of amides is 1. The van der Waals surface area contributed by atoms with Crippen molar-refractivity contribution in [1.29, 1.82) is 0 Å². The molecule has 1 heterocycles. The van der Waals surface area contributed by atoms with Crippen LogP contribution < -0.4 is 10.0 Å². The number of carbonyl (C=O) groups excluding carboxylic acids is 1. The molecule has 1 unspecified atom stereocenters. The monoisotopic (exact) mass is 430 g/mol. The number of imidazole rings is 1. The molecule has 3 rings (SSSR count). The van der Waals surface area contributed by atoms with Crippen molar-refractivity contribution in [3.05, 3.63) is 84.7 Å². The van der Waals surface area contributed by atoms with E-state index in [1.807, 2.05) is 16.8 Å². The predicted molar refractivity (Wildman–Crippen MR) is 111 cm³/mol. The van der Waals surface area contributed by atoms with Gasteiger partial charge in [-0.1, -0.05) is 42.5 Å². The molecule has 0 aliphatic rings. The quantitative estimate of drug-likeness (QED) is 0.482. The molecule has 0 fully saturated rings. The maximum atomic E-state index is 14.0. The van der Waals surface area contributed by atoms with Crippen LogP contribution in [-0.4, -0.2) is 36.5 Å². The van der Waals surface area contributed by atoms with E-state index in [1.54, 1.807) is 36.8 Å². The molecule has 0 spiro atoms. The lowest BCUT2D eigenvalue weighted by Crippen LogP contribution is -2.48. The summed E-state index contributed by atoms with van der Waals surface area (Å²) in [6.45, 7) is 1.04. The third-order valence-corrected chi connectivity index (χ3v) is 5.98. The summed E-state index contributed by atoms with van der Waals surface area (Å²) in [5.74, 6) is -1.34. The summed E-state index contributed by atoms with van der Waals surface area (Å²) in [5, 5.41) is 2.76. The number of aromatic nitrogens is 2. The molecule has 0 bridgehead atoms. The maximum absolute atomic E-state index is 14.0. The molecular formula is C21H23FN4O3S. The molecule has 0 saturated heterocycles. The highest BCUT2D eigenvalue weighted by molar-refractivity contribution is 7.89. The van der Waals surface area contributed by atoms with Gasteiger partial charge in [0.25, 0.3) is 0 Å². The van der Waals surface area contributed by atoms with Gasteiger partial charge in [0.1, 0.15) is 16.8 Å². The van der Waals surface area contributed by atoms with E-state index in [0.29, 0.717) is 19.5 Å². The summed E-state index contributed by atoms with van der Waals surface area (Å²) >= 11 is 0. The highest BCUT2D eigenvalue weighted by atomic mass is 32.2. The number of halogens is 1. The van der Waals surface area contributed by atoms with Crippen LogP contribution in [0.2, 0.25) is 0 Å². The third kappa shape index (κ3) is 5.98. The van der Waals surface area contributed by atoms with E-state index < -0.39 is 32.7 Å². The zero-order valence-electron chi connectivity index (χ0n) is 16.2. The molecule has 7 nitrogen and oxygen atoms in total. The molecule has 2 N–H and O–H groups in total. The van der Waals surface area contributed by atoms with Gasteiger partial charge in [0.2, 0.25) is 15.9 Å². The fourth-order valence-electron chi connectivity index (χ4n) is 2.97. The molecule has 2 aromatic carbocycles. The lowest BCUT2D eigenvalue weighted by molar-refractivity contribution is -0.122. The van der Waals surface area contributed by atoms with E-state index in [0.717, 1.165) is 11.6 Å². The molecule has 1 atom stereocenters. The molecule has 0 radical (unpaired) electrons. The number of sulfonamides is 1. The van der Waals surface area contributed by atoms with Crippen molar-refractivity contribution < 1.29 is 17.6 Å². The summed E-state index contributed by atoms with van der Waals surface area (Å²) in [6.07, 6.45) is 5.97. The van der Waals surface area contributed by atoms with Crippen LogP contribution in [0.25, 0.3) is 0 Å². The van der Waals surface area contributed by atoms with Crippen molar-refractivity contribution in [2.75, 3.05) is 6.54 Å². The molecule has 30 heavy (non-hydrogen) atoms. The van der Waals surface area contributed by atoms with Crippen molar-refractivity contribution in [1.82, 2.24) is 19.6 Å². The fourth-order valence-corrected chi connectivity index (χ4v) is 4.24. The SMILES string of the molecule is O=C(NCCCn1ccnc1)C(Cc1ccccc1)NS(=O)(=O)c1ccccc1F. The fraction of sp³-hybridized carbons (Fsp3) is 0.238. The number of hydrogen-bond donors (Lipinski definition) is 2. The number of benzene rings is 2. The Morgan fingerprint density at radius 1 is 1.10 bits per heavy atom. The van der Waals surface area contributed by atoms with Gasteiger partial charge >= 0.3 is 0 Å². The van der Waals surface area contributed by atoms with Crippen LogP contribution in [0, 0.1) is 5.82 Å². The van der Waals surface area contributed by atoms with E-state index in [9.17, 15) is 17.6 Å². The number of rotatable bonds is 10. The Labute approximate surface area is 175 Å². The summed E-state index contributed by atoms with van der Waals surface area (Å²) < 4.78 is 43.7. The number of hydrogen-bond acceptors (Lipinski definition) is 4. The third-order valence-electron chi connectivity index (χ3n) is 4.47. The minimum absolute atomic E-state index is 0.141. The van der Waals surface area contributed by atoms with E-state index in [1.165, 1.54) is 18.2 Å². The molecule has 1 amide bonds. The maximum Gasteiger partial charge on any atom is 0.244 e. The Balaban J connectivity index is 1.69. The van der Waals surface area contributed by atoms with E-state index in [-0.39, 0.29) is 6.42 Å². The Morgan fingerprint density at radius 2 is 1.83 bits per heavy atom. The molecule has 0 saturated carbocycles. The van der Waals surface area contributed by atoms with E-state index >= 15 is 0 Å². The number of nitrogens with one attached hydrogen (secondary N) is 2. The van der Waals surface area contributed by atoms with Gasteiger partial charge in [0.05, 0.1) is 6.33 Å². The van der Waals surface area contributed by atoms with Gasteiger partial charge in [-0.3, -0.25) is 4.79 Å². The number of carbonyl (C=O) groups is 1. The highest BCUT2D eigenvalue weighted by Gasteiger charge is 2.27. The molecule has 158 valence electrons. The zero-order chi connectivity index (χ0) is 21.4. The first kappa shape index (κ1) is 21.7. The Kier molecular flexibility index (Phi) is 7.31. The Bertz CT molecular complexity index is 1060. The van der Waals surface area contributed by atoms with E-state index in [2.05, 4.69) is 15.0 Å². The molecule has 3 aromatic rings. The second-order valence-electron chi connectivity index (χ2n) is 6.74. The van der Waals surface area contributed by atoms with Crippen molar-refractivity contribution in [3.63, 3.8) is 0 Å². The molecule has 1 aromatic heterocycles. The largest absolute Gasteiger partial charge is 0.355 e. The second kappa shape index (κ2) is 10.1. The van der Waals surface area contributed by atoms with Gasteiger partial charge < -0.3 is 9.88 Å². The Morgan fingerprint density at radius 3 is 2.53 bits per heavy atom. The summed E-state index contributed by atoms with van der Waals surface area (Å²) in [7, 11) is -4.22. The average molecular weight is 431 g/mol. The lowest BCUT2D eigenvalue weighted by atomic mass is 10.1. The zero-order valence-corrected chi connectivity index (χ0v) is 17.1. The van der Waals surface area contributed by atoms with Gasteiger partial charge in [-0.05, 0) is 30.5 Å². The first-order valence-corrected chi connectivity index (χ1v) is 11.0. The molecule has 0 aliphatic carbocycles. The van der Waals surface area contributed by atoms with Crippen LogP contribution in [0.3, 0.4) is 0 Å². The van der Waals surface area contributed by atoms with Gasteiger partial charge in [0.15, 0.2) is 0 Å². The van der Waals surface area contributed by atoms with Crippen LogP contribution in [0.1, 0.15) is 12.0 Å². The van der Waals surface area contributed by atoms with Gasteiger partial charge in [-0.25, -0.2) is 17.8 Å². The summed E-state index contributed by atoms with van der Waals surface area (Å²) in [4.78, 5) is 16.2. The summed E-state index contributed by atoms with van der Waals surface area (Å²) in [5.41, 5.74) is 0.785. The average Bonchev–Trinajstić information content (AvgIpc) is 3.25. The topological polar surface area (TPSA) is 93.1 Å². The number of aryl methyl sites for hydroxylation is 1. The molecule has 9 heteroatoms. The number of nitrogens with zero attached hydrogens (tertiary/aromatic N) is 2. The first-order chi connectivity index (χ1) is 14.5. The van der Waals surface area contributed by atoms with Crippen LogP contribution in [0.5, 0.6) is 0 Å². The Hall–Kier alpha value is -3.04. The van der Waals surface area contributed by atoms with Crippen LogP contribution >= 0.6 is 0 Å². The van der Waals surface area contributed by atoms with Crippen molar-refractivity contribution in [3.8, 4) is 0 Å². The van der Waals surface area contributed by atoms with E-state index in [4.69, 9.17) is 0 Å². The van der Waals surface area contributed by atoms with Crippen molar-refractivity contribution in [2.45, 2.75) is 30.3 Å².